The zero-order chi connectivity index (χ0) is 16.2. The van der Waals surface area contributed by atoms with Crippen molar-refractivity contribution in [3.63, 3.8) is 0 Å². The van der Waals surface area contributed by atoms with Gasteiger partial charge in [0.2, 0.25) is 0 Å². The highest BCUT2D eigenvalue weighted by atomic mass is 16.5. The second kappa shape index (κ2) is 7.28. The first-order valence-corrected chi connectivity index (χ1v) is 8.37. The summed E-state index contributed by atoms with van der Waals surface area (Å²) < 4.78 is 10.9. The summed E-state index contributed by atoms with van der Waals surface area (Å²) in [4.78, 5) is 2.47. The minimum Gasteiger partial charge on any atom is -0.381 e. The van der Waals surface area contributed by atoms with E-state index in [1.54, 1.807) is 0 Å². The Morgan fingerprint density at radius 1 is 1.30 bits per heavy atom. The lowest BCUT2D eigenvalue weighted by molar-refractivity contribution is -0.00896. The van der Waals surface area contributed by atoms with Gasteiger partial charge in [0.1, 0.15) is 5.76 Å². The maximum atomic E-state index is 5.75. The maximum Gasteiger partial charge on any atom is 0.133 e. The van der Waals surface area contributed by atoms with Crippen molar-refractivity contribution in [3.05, 3.63) is 52.9 Å². The lowest BCUT2D eigenvalue weighted by atomic mass is 9.88. The normalized spacial score (nSPS) is 22.4. The van der Waals surface area contributed by atoms with E-state index < -0.39 is 0 Å². The average molecular weight is 314 g/mol. The molecule has 2 atom stereocenters. The van der Waals surface area contributed by atoms with Crippen molar-refractivity contribution in [3.8, 4) is 0 Å². The molecule has 1 aromatic carbocycles. The standard InChI is InChI=1S/C19H26N2O2/c1-14-5-4-6-16(9-14)11-17-12-21(8-7-19(17)22-3)13-18-10-15(2)23-20-18/h4-6,9-10,17,19H,7-8,11-13H2,1-3H3/t17-,19+/m0/s1. The van der Waals surface area contributed by atoms with Crippen LogP contribution in [0.5, 0.6) is 0 Å². The fourth-order valence-corrected chi connectivity index (χ4v) is 3.60. The van der Waals surface area contributed by atoms with Gasteiger partial charge in [0, 0.05) is 38.7 Å². The second-order valence-electron chi connectivity index (χ2n) is 6.68. The van der Waals surface area contributed by atoms with Gasteiger partial charge >= 0.3 is 0 Å². The highest BCUT2D eigenvalue weighted by molar-refractivity contribution is 5.23. The number of hydrogen-bond acceptors (Lipinski definition) is 4. The first-order valence-electron chi connectivity index (χ1n) is 8.37. The number of rotatable bonds is 5. The van der Waals surface area contributed by atoms with E-state index in [9.17, 15) is 0 Å². The van der Waals surface area contributed by atoms with Crippen LogP contribution in [0.2, 0.25) is 0 Å². The third kappa shape index (κ3) is 4.21. The van der Waals surface area contributed by atoms with Crippen LogP contribution >= 0.6 is 0 Å². The summed E-state index contributed by atoms with van der Waals surface area (Å²) in [5.41, 5.74) is 3.74. The predicted molar refractivity (Wildman–Crippen MR) is 90.3 cm³/mol. The quantitative estimate of drug-likeness (QED) is 0.848. The van der Waals surface area contributed by atoms with Crippen molar-refractivity contribution in [2.24, 2.45) is 5.92 Å². The summed E-state index contributed by atoms with van der Waals surface area (Å²) in [5.74, 6) is 1.40. The number of likely N-dealkylation sites (tertiary alicyclic amines) is 1. The number of hydrogen-bond donors (Lipinski definition) is 0. The lowest BCUT2D eigenvalue weighted by Crippen LogP contribution is -2.44. The Morgan fingerprint density at radius 2 is 2.17 bits per heavy atom. The van der Waals surface area contributed by atoms with E-state index in [2.05, 4.69) is 41.2 Å². The van der Waals surface area contributed by atoms with Crippen molar-refractivity contribution >= 4 is 0 Å². The molecule has 0 spiro atoms. The molecule has 1 fully saturated rings. The molecule has 0 unspecified atom stereocenters. The zero-order valence-electron chi connectivity index (χ0n) is 14.3. The summed E-state index contributed by atoms with van der Waals surface area (Å²) in [6.45, 7) is 7.04. The molecule has 2 heterocycles. The molecule has 2 aromatic rings. The molecule has 1 aromatic heterocycles. The summed E-state index contributed by atoms with van der Waals surface area (Å²) in [7, 11) is 1.84. The Morgan fingerprint density at radius 3 is 2.87 bits per heavy atom. The lowest BCUT2D eigenvalue weighted by Gasteiger charge is -2.37. The van der Waals surface area contributed by atoms with Crippen LogP contribution in [0, 0.1) is 19.8 Å². The van der Waals surface area contributed by atoms with Gasteiger partial charge in [-0.2, -0.15) is 0 Å². The summed E-state index contributed by atoms with van der Waals surface area (Å²) in [5, 5.41) is 4.12. The molecule has 1 aliphatic rings. The van der Waals surface area contributed by atoms with Crippen molar-refractivity contribution in [2.75, 3.05) is 20.2 Å². The van der Waals surface area contributed by atoms with E-state index in [1.165, 1.54) is 11.1 Å². The first-order chi connectivity index (χ1) is 11.1. The van der Waals surface area contributed by atoms with Gasteiger partial charge in [-0.25, -0.2) is 0 Å². The molecule has 23 heavy (non-hydrogen) atoms. The Hall–Kier alpha value is -1.65. The number of nitrogens with zero attached hydrogens (tertiary/aromatic N) is 2. The number of methoxy groups -OCH3 is 1. The van der Waals surface area contributed by atoms with Gasteiger partial charge in [0.25, 0.3) is 0 Å². The van der Waals surface area contributed by atoms with Crippen LogP contribution in [0.15, 0.2) is 34.9 Å². The first kappa shape index (κ1) is 16.2. The fraction of sp³-hybridized carbons (Fsp3) is 0.526. The molecule has 0 aliphatic carbocycles. The highest BCUT2D eigenvalue weighted by Gasteiger charge is 2.29. The Labute approximate surface area is 138 Å². The minimum absolute atomic E-state index is 0.339. The van der Waals surface area contributed by atoms with E-state index in [1.807, 2.05) is 20.1 Å². The van der Waals surface area contributed by atoms with Gasteiger partial charge in [0.05, 0.1) is 11.8 Å². The third-order valence-corrected chi connectivity index (χ3v) is 4.69. The van der Waals surface area contributed by atoms with Crippen molar-refractivity contribution in [1.29, 1.82) is 0 Å². The van der Waals surface area contributed by atoms with Crippen LogP contribution in [-0.4, -0.2) is 36.4 Å². The topological polar surface area (TPSA) is 38.5 Å². The number of aromatic nitrogens is 1. The Kier molecular flexibility index (Phi) is 5.13. The summed E-state index contributed by atoms with van der Waals surface area (Å²) in [6.07, 6.45) is 2.48. The maximum absolute atomic E-state index is 5.75. The SMILES string of the molecule is CO[C@@H]1CCN(Cc2cc(C)on2)C[C@@H]1Cc1cccc(C)c1. The molecule has 0 N–H and O–H groups in total. The predicted octanol–water partition coefficient (Wildman–Crippen LogP) is 3.37. The number of aryl methyl sites for hydroxylation is 2. The Balaban J connectivity index is 1.66. The van der Waals surface area contributed by atoms with E-state index in [0.717, 1.165) is 43.9 Å². The van der Waals surface area contributed by atoms with Gasteiger partial charge in [0.15, 0.2) is 0 Å². The summed E-state index contributed by atoms with van der Waals surface area (Å²) in [6, 6.07) is 10.8. The van der Waals surface area contributed by atoms with Gasteiger partial charge < -0.3 is 9.26 Å². The van der Waals surface area contributed by atoms with E-state index in [0.29, 0.717) is 12.0 Å². The van der Waals surface area contributed by atoms with Gasteiger partial charge in [-0.15, -0.1) is 0 Å². The van der Waals surface area contributed by atoms with Crippen molar-refractivity contribution in [1.82, 2.24) is 10.1 Å². The molecule has 0 amide bonds. The third-order valence-electron chi connectivity index (χ3n) is 4.69. The minimum atomic E-state index is 0.339. The van der Waals surface area contributed by atoms with Crippen LogP contribution in [0.4, 0.5) is 0 Å². The molecule has 4 heteroatoms. The van der Waals surface area contributed by atoms with E-state index in [4.69, 9.17) is 9.26 Å². The van der Waals surface area contributed by atoms with Crippen LogP contribution in [0.3, 0.4) is 0 Å². The Bertz CT molecular complexity index is 638. The van der Waals surface area contributed by atoms with Gasteiger partial charge in [-0.3, -0.25) is 4.90 Å². The molecule has 1 saturated heterocycles. The van der Waals surface area contributed by atoms with E-state index >= 15 is 0 Å². The molecule has 0 bridgehead atoms. The van der Waals surface area contributed by atoms with Gasteiger partial charge in [-0.1, -0.05) is 35.0 Å². The largest absolute Gasteiger partial charge is 0.381 e. The van der Waals surface area contributed by atoms with Crippen LogP contribution in [0.1, 0.15) is 29.0 Å². The molecular weight excluding hydrogens is 288 g/mol. The van der Waals surface area contributed by atoms with Crippen molar-refractivity contribution < 1.29 is 9.26 Å². The number of piperidine rings is 1. The average Bonchev–Trinajstić information content (AvgIpc) is 2.93. The molecule has 0 radical (unpaired) electrons. The fourth-order valence-electron chi connectivity index (χ4n) is 3.60. The van der Waals surface area contributed by atoms with Gasteiger partial charge in [-0.05, 0) is 32.3 Å². The molecule has 124 valence electrons. The highest BCUT2D eigenvalue weighted by Crippen LogP contribution is 2.25. The van der Waals surface area contributed by atoms with E-state index in [-0.39, 0.29) is 0 Å². The monoisotopic (exact) mass is 314 g/mol. The zero-order valence-corrected chi connectivity index (χ0v) is 14.3. The van der Waals surface area contributed by atoms with Crippen LogP contribution < -0.4 is 0 Å². The van der Waals surface area contributed by atoms with Crippen LogP contribution in [-0.2, 0) is 17.7 Å². The number of ether oxygens (including phenoxy) is 1. The number of benzene rings is 1. The summed E-state index contributed by atoms with van der Waals surface area (Å²) >= 11 is 0. The molecule has 3 rings (SSSR count). The smallest absolute Gasteiger partial charge is 0.133 e. The molecule has 0 saturated carbocycles. The van der Waals surface area contributed by atoms with Crippen molar-refractivity contribution in [2.45, 2.75) is 39.3 Å². The molecule has 4 nitrogen and oxygen atoms in total. The second-order valence-corrected chi connectivity index (χ2v) is 6.68. The molecular formula is C19H26N2O2. The molecule has 1 aliphatic heterocycles. The van der Waals surface area contributed by atoms with Crippen LogP contribution in [0.25, 0.3) is 0 Å².